The number of carbonyl (C=O) groups excluding carboxylic acids is 1. The summed E-state index contributed by atoms with van der Waals surface area (Å²) >= 11 is 0. The molecule has 18 heavy (non-hydrogen) atoms. The summed E-state index contributed by atoms with van der Waals surface area (Å²) in [6.07, 6.45) is 0. The molecule has 6 nitrogen and oxygen atoms in total. The number of amides is 2. The molecule has 0 aliphatic rings. The van der Waals surface area contributed by atoms with E-state index in [1.807, 2.05) is 24.3 Å². The highest BCUT2D eigenvalue weighted by Crippen LogP contribution is 2.05. The molecular formula is C12H11N5O. The van der Waals surface area contributed by atoms with Crippen molar-refractivity contribution in [2.24, 2.45) is 4.99 Å². The lowest BCUT2D eigenvalue weighted by molar-refractivity contribution is 0.226. The maximum Gasteiger partial charge on any atom is 0.345 e. The van der Waals surface area contributed by atoms with Gasteiger partial charge in [0.25, 0.3) is 0 Å². The second kappa shape index (κ2) is 4.67. The van der Waals surface area contributed by atoms with Gasteiger partial charge in [0.2, 0.25) is 0 Å². The Morgan fingerprint density at radius 1 is 1.44 bits per heavy atom. The van der Waals surface area contributed by atoms with Gasteiger partial charge in [0, 0.05) is 14.1 Å². The molecule has 0 atom stereocenters. The maximum atomic E-state index is 11.5. The zero-order valence-electron chi connectivity index (χ0n) is 10.0. The fraction of sp³-hybridized carbons (Fsp3) is 0.167. The fourth-order valence-electron chi connectivity index (χ4n) is 1.39. The van der Waals surface area contributed by atoms with Crippen LogP contribution in [0.25, 0.3) is 11.0 Å². The predicted octanol–water partition coefficient (Wildman–Crippen LogP) is 1.02. The average molecular weight is 241 g/mol. The minimum atomic E-state index is -0.445. The Kier molecular flexibility index (Phi) is 3.06. The van der Waals surface area contributed by atoms with Crippen LogP contribution in [-0.2, 0) is 0 Å². The van der Waals surface area contributed by atoms with E-state index in [2.05, 4.69) is 15.0 Å². The molecule has 6 heteroatoms. The number of nitrogens with zero attached hydrogens (tertiary/aromatic N) is 4. The fourth-order valence-corrected chi connectivity index (χ4v) is 1.39. The van der Waals surface area contributed by atoms with E-state index in [4.69, 9.17) is 5.26 Å². The summed E-state index contributed by atoms with van der Waals surface area (Å²) in [7, 11) is 3.18. The molecule has 2 aromatic rings. The molecule has 0 bridgehead atoms. The standard InChI is InChI=1S/C12H11N5O/c1-17(2)12(18)16-11-10(7-13)14-8-5-3-4-6-9(8)15-11/h3-6H,1-2H3,(H,15,16,18). The third kappa shape index (κ3) is 2.20. The Bertz CT molecular complexity index is 708. The smallest absolute Gasteiger partial charge is 0.336 e. The molecule has 0 aliphatic heterocycles. The summed E-state index contributed by atoms with van der Waals surface area (Å²) < 4.78 is 0. The van der Waals surface area contributed by atoms with E-state index in [0.29, 0.717) is 5.52 Å². The minimum absolute atomic E-state index is 0.101. The quantitative estimate of drug-likeness (QED) is 0.747. The van der Waals surface area contributed by atoms with Crippen LogP contribution in [0.4, 0.5) is 4.79 Å². The van der Waals surface area contributed by atoms with Crippen LogP contribution in [0.3, 0.4) is 0 Å². The van der Waals surface area contributed by atoms with Crippen LogP contribution < -0.4 is 5.49 Å². The molecule has 2 amide bonds. The summed E-state index contributed by atoms with van der Waals surface area (Å²) in [5.74, 6) is 0. The number of rotatable bonds is 0. The number of hydrogen-bond donors (Lipinski definition) is 1. The first-order valence-electron chi connectivity index (χ1n) is 5.27. The number of benzene rings is 1. The molecule has 0 saturated carbocycles. The maximum absolute atomic E-state index is 11.5. The van der Waals surface area contributed by atoms with Gasteiger partial charge in [-0.2, -0.15) is 10.3 Å². The van der Waals surface area contributed by atoms with Crippen LogP contribution in [0.15, 0.2) is 29.3 Å². The number of aromatic amines is 1. The van der Waals surface area contributed by atoms with E-state index in [-0.39, 0.29) is 11.2 Å². The van der Waals surface area contributed by atoms with Crippen molar-refractivity contribution >= 4 is 17.1 Å². The Morgan fingerprint density at radius 3 is 2.83 bits per heavy atom. The lowest BCUT2D eigenvalue weighted by Crippen LogP contribution is -2.24. The largest absolute Gasteiger partial charge is 0.345 e. The second-order valence-electron chi connectivity index (χ2n) is 3.85. The third-order valence-corrected chi connectivity index (χ3v) is 2.31. The van der Waals surface area contributed by atoms with Crippen molar-refractivity contribution in [3.8, 4) is 6.07 Å². The molecule has 0 radical (unpaired) electrons. The molecule has 0 fully saturated rings. The summed E-state index contributed by atoms with van der Waals surface area (Å²) in [6, 6.07) is 8.73. The van der Waals surface area contributed by atoms with Crippen molar-refractivity contribution in [2.75, 3.05) is 14.1 Å². The summed E-state index contributed by atoms with van der Waals surface area (Å²) in [6.45, 7) is 0. The second-order valence-corrected chi connectivity index (χ2v) is 3.85. The van der Waals surface area contributed by atoms with Crippen molar-refractivity contribution in [1.82, 2.24) is 14.9 Å². The number of para-hydroxylation sites is 2. The Morgan fingerprint density at radius 2 is 2.17 bits per heavy atom. The summed E-state index contributed by atoms with van der Waals surface area (Å²) in [4.78, 5) is 23.8. The molecule has 90 valence electrons. The number of aromatic nitrogens is 2. The van der Waals surface area contributed by atoms with Crippen molar-refractivity contribution in [2.45, 2.75) is 0 Å². The molecule has 1 aromatic carbocycles. The van der Waals surface area contributed by atoms with Gasteiger partial charge in [-0.1, -0.05) is 12.1 Å². The normalized spacial score (nSPS) is 11.3. The monoisotopic (exact) mass is 241 g/mol. The molecular weight excluding hydrogens is 230 g/mol. The number of carbonyl (C=O) groups is 1. The van der Waals surface area contributed by atoms with Gasteiger partial charge in [-0.05, 0) is 12.1 Å². The molecule has 1 aromatic heterocycles. The van der Waals surface area contributed by atoms with Crippen molar-refractivity contribution in [3.63, 3.8) is 0 Å². The van der Waals surface area contributed by atoms with E-state index in [9.17, 15) is 4.79 Å². The number of hydrogen-bond acceptors (Lipinski definition) is 3. The van der Waals surface area contributed by atoms with Crippen molar-refractivity contribution in [1.29, 1.82) is 5.26 Å². The highest BCUT2D eigenvalue weighted by Gasteiger charge is 2.05. The first kappa shape index (κ1) is 11.8. The van der Waals surface area contributed by atoms with Crippen molar-refractivity contribution in [3.05, 3.63) is 35.4 Å². The molecule has 1 N–H and O–H groups in total. The molecule has 0 unspecified atom stereocenters. The van der Waals surface area contributed by atoms with Gasteiger partial charge in [-0.3, -0.25) is 0 Å². The zero-order chi connectivity index (χ0) is 13.1. The van der Waals surface area contributed by atoms with E-state index in [0.717, 1.165) is 5.52 Å². The number of nitriles is 1. The highest BCUT2D eigenvalue weighted by atomic mass is 16.2. The topological polar surface area (TPSA) is 85.1 Å². The summed E-state index contributed by atoms with van der Waals surface area (Å²) in [5, 5.41) is 9.01. The van der Waals surface area contributed by atoms with E-state index >= 15 is 0 Å². The SMILES string of the molecule is CN(C)C(=O)N=c1[nH]c2ccccc2nc1C#N. The van der Waals surface area contributed by atoms with Gasteiger partial charge in [-0.15, -0.1) is 0 Å². The van der Waals surface area contributed by atoms with Gasteiger partial charge in [0.15, 0.2) is 11.2 Å². The lowest BCUT2D eigenvalue weighted by atomic mass is 10.3. The molecule has 0 aliphatic carbocycles. The van der Waals surface area contributed by atoms with E-state index in [1.54, 1.807) is 20.2 Å². The van der Waals surface area contributed by atoms with Crippen LogP contribution in [-0.4, -0.2) is 35.0 Å². The zero-order valence-corrected chi connectivity index (χ0v) is 10.0. The molecule has 0 saturated heterocycles. The van der Waals surface area contributed by atoms with E-state index < -0.39 is 6.03 Å². The van der Waals surface area contributed by atoms with Crippen LogP contribution in [0, 0.1) is 11.3 Å². The van der Waals surface area contributed by atoms with Gasteiger partial charge < -0.3 is 9.88 Å². The van der Waals surface area contributed by atoms with Gasteiger partial charge >= 0.3 is 6.03 Å². The Balaban J connectivity index is 2.70. The average Bonchev–Trinajstić information content (AvgIpc) is 2.37. The predicted molar refractivity (Wildman–Crippen MR) is 65.5 cm³/mol. The van der Waals surface area contributed by atoms with Crippen LogP contribution in [0.1, 0.15) is 5.69 Å². The minimum Gasteiger partial charge on any atom is -0.336 e. The Hall–Kier alpha value is -2.68. The highest BCUT2D eigenvalue weighted by molar-refractivity contribution is 5.76. The third-order valence-electron chi connectivity index (χ3n) is 2.31. The number of fused-ring (bicyclic) bond motifs is 1. The molecule has 2 rings (SSSR count). The van der Waals surface area contributed by atoms with Gasteiger partial charge in [0.05, 0.1) is 11.0 Å². The lowest BCUT2D eigenvalue weighted by Gasteiger charge is -2.04. The molecule has 1 heterocycles. The number of nitrogens with one attached hydrogen (secondary N) is 1. The molecule has 0 spiro atoms. The first-order valence-corrected chi connectivity index (χ1v) is 5.27. The van der Waals surface area contributed by atoms with Crippen LogP contribution in [0.5, 0.6) is 0 Å². The van der Waals surface area contributed by atoms with E-state index in [1.165, 1.54) is 4.90 Å². The number of urea groups is 1. The van der Waals surface area contributed by atoms with Crippen molar-refractivity contribution < 1.29 is 4.79 Å². The first-order chi connectivity index (χ1) is 8.61. The Labute approximate surface area is 103 Å². The summed E-state index contributed by atoms with van der Waals surface area (Å²) in [5.41, 5.74) is 1.66. The van der Waals surface area contributed by atoms with Gasteiger partial charge in [-0.25, -0.2) is 9.78 Å². The van der Waals surface area contributed by atoms with Crippen LogP contribution >= 0.6 is 0 Å². The van der Waals surface area contributed by atoms with Crippen LogP contribution in [0.2, 0.25) is 0 Å². The van der Waals surface area contributed by atoms with Gasteiger partial charge in [0.1, 0.15) is 6.07 Å². The number of H-pyrrole nitrogens is 1.